The van der Waals surface area contributed by atoms with Gasteiger partial charge >= 0.3 is 11.9 Å². The Hall–Kier alpha value is -2.13. The number of ether oxygens (including phenoxy) is 4. The molecule has 0 aromatic rings. The molecule has 58 heavy (non-hydrogen) atoms. The number of carbonyl (C=O) groups excluding carboxylic acids is 2. The van der Waals surface area contributed by atoms with Gasteiger partial charge < -0.3 is 34.3 Å². The van der Waals surface area contributed by atoms with Gasteiger partial charge in [0, 0.05) is 12.5 Å². The highest BCUT2D eigenvalue weighted by molar-refractivity contribution is 7.85. The van der Waals surface area contributed by atoms with Crippen LogP contribution in [0, 0.1) is 0 Å². The number of hydrogen-bond acceptors (Lipinski definition) is 11. The Balaban J connectivity index is 2.52. The third kappa shape index (κ3) is 30.0. The molecule has 1 fully saturated rings. The van der Waals surface area contributed by atoms with Gasteiger partial charge in [-0.15, -0.1) is 0 Å². The molecule has 0 aliphatic carbocycles. The molecule has 0 amide bonds. The van der Waals surface area contributed by atoms with Crippen molar-refractivity contribution >= 4 is 22.1 Å². The van der Waals surface area contributed by atoms with Gasteiger partial charge in [-0.05, 0) is 32.1 Å². The van der Waals surface area contributed by atoms with Gasteiger partial charge in [-0.1, -0.05) is 173 Å². The first kappa shape index (κ1) is 53.9. The van der Waals surface area contributed by atoms with Crippen molar-refractivity contribution in [2.45, 2.75) is 218 Å². The second-order valence-corrected chi connectivity index (χ2v) is 17.3. The molecule has 6 atom stereocenters. The van der Waals surface area contributed by atoms with Crippen LogP contribution in [0.25, 0.3) is 0 Å². The van der Waals surface area contributed by atoms with Crippen molar-refractivity contribution in [3.63, 3.8) is 0 Å². The zero-order chi connectivity index (χ0) is 42.7. The van der Waals surface area contributed by atoms with Crippen molar-refractivity contribution in [1.82, 2.24) is 0 Å². The minimum absolute atomic E-state index is 0.117. The van der Waals surface area contributed by atoms with E-state index < -0.39 is 71.2 Å². The minimum atomic E-state index is -4.61. The lowest BCUT2D eigenvalue weighted by molar-refractivity contribution is -0.297. The standard InChI is InChI=1S/C45H80O12S/c1-3-5-7-9-11-13-15-17-19-21-23-25-27-29-31-33-40(46)54-35-38(36-55-45-44(50)43(49)42(48)39(57-45)37-58(51,52)53)56-41(47)34-32-30-28-26-24-22-20-18-16-14-12-10-8-6-4-2/h27-30,32,34,38-39,42-45,48-50H,3-26,31,33,35-37H2,1-2H3,(H,51,52,53)/b29-27+,30-28+,34-32+/t38-,39-,42-,43?,44?,45+/m1/s1. The molecule has 2 unspecified atom stereocenters. The summed E-state index contributed by atoms with van der Waals surface area (Å²) in [7, 11) is -4.61. The van der Waals surface area contributed by atoms with E-state index in [1.165, 1.54) is 128 Å². The molecular formula is C45H80O12S. The minimum Gasteiger partial charge on any atom is -0.462 e. The number of unbranched alkanes of at least 4 members (excludes halogenated alkanes) is 22. The summed E-state index contributed by atoms with van der Waals surface area (Å²) in [4.78, 5) is 25.2. The van der Waals surface area contributed by atoms with Crippen molar-refractivity contribution < 1.29 is 56.8 Å². The van der Waals surface area contributed by atoms with Gasteiger partial charge in [-0.3, -0.25) is 9.35 Å². The highest BCUT2D eigenvalue weighted by Gasteiger charge is 2.46. The second-order valence-electron chi connectivity index (χ2n) is 15.8. The Morgan fingerprint density at radius 1 is 0.621 bits per heavy atom. The van der Waals surface area contributed by atoms with Crippen molar-refractivity contribution in [1.29, 1.82) is 0 Å². The number of hydrogen-bond donors (Lipinski definition) is 4. The van der Waals surface area contributed by atoms with Crippen molar-refractivity contribution in [3.8, 4) is 0 Å². The third-order valence-corrected chi connectivity index (χ3v) is 11.1. The number of aliphatic hydroxyl groups excluding tert-OH is 3. The lowest BCUT2D eigenvalue weighted by Crippen LogP contribution is -2.60. The molecule has 1 aliphatic rings. The maximum absolute atomic E-state index is 12.7. The Morgan fingerprint density at radius 2 is 1.10 bits per heavy atom. The van der Waals surface area contributed by atoms with Crippen LogP contribution in [-0.4, -0.2) is 96.0 Å². The van der Waals surface area contributed by atoms with Crippen LogP contribution in [0.3, 0.4) is 0 Å². The fourth-order valence-electron chi connectivity index (χ4n) is 6.78. The molecule has 0 bridgehead atoms. The summed E-state index contributed by atoms with van der Waals surface area (Å²) >= 11 is 0. The number of rotatable bonds is 37. The molecule has 1 rings (SSSR count). The Labute approximate surface area is 351 Å². The monoisotopic (exact) mass is 845 g/mol. The largest absolute Gasteiger partial charge is 0.462 e. The quantitative estimate of drug-likeness (QED) is 0.0116. The molecule has 1 heterocycles. The molecule has 338 valence electrons. The molecule has 1 aliphatic heterocycles. The van der Waals surface area contributed by atoms with Crippen molar-refractivity contribution in [2.24, 2.45) is 0 Å². The van der Waals surface area contributed by atoms with E-state index in [1.54, 1.807) is 12.2 Å². The van der Waals surface area contributed by atoms with E-state index >= 15 is 0 Å². The van der Waals surface area contributed by atoms with Crippen LogP contribution >= 0.6 is 0 Å². The van der Waals surface area contributed by atoms with Crippen molar-refractivity contribution in [3.05, 3.63) is 36.5 Å². The molecule has 1 saturated heterocycles. The first-order valence-electron chi connectivity index (χ1n) is 22.6. The van der Waals surface area contributed by atoms with Crippen LogP contribution < -0.4 is 0 Å². The summed E-state index contributed by atoms with van der Waals surface area (Å²) in [5, 5.41) is 30.8. The summed E-state index contributed by atoms with van der Waals surface area (Å²) < 4.78 is 53.8. The molecule has 4 N–H and O–H groups in total. The summed E-state index contributed by atoms with van der Waals surface area (Å²) in [6.07, 6.45) is 31.2. The summed E-state index contributed by atoms with van der Waals surface area (Å²) in [6.45, 7) is 3.63. The van der Waals surface area contributed by atoms with Crippen LogP contribution in [0.1, 0.15) is 181 Å². The van der Waals surface area contributed by atoms with Crippen molar-refractivity contribution in [2.75, 3.05) is 19.0 Å². The lowest BCUT2D eigenvalue weighted by Gasteiger charge is -2.40. The molecule has 0 aromatic carbocycles. The Kier molecular flexibility index (Phi) is 33.1. The number of esters is 2. The highest BCUT2D eigenvalue weighted by Crippen LogP contribution is 2.24. The van der Waals surface area contributed by atoms with Gasteiger partial charge in [0.15, 0.2) is 12.4 Å². The topological polar surface area (TPSA) is 186 Å². The fraction of sp³-hybridized carbons (Fsp3) is 0.822. The van der Waals surface area contributed by atoms with Crippen LogP contribution in [0.4, 0.5) is 0 Å². The predicted molar refractivity (Wildman–Crippen MR) is 229 cm³/mol. The van der Waals surface area contributed by atoms with E-state index in [4.69, 9.17) is 18.9 Å². The zero-order valence-corrected chi connectivity index (χ0v) is 36.7. The molecular weight excluding hydrogens is 765 g/mol. The molecule has 13 heteroatoms. The van der Waals surface area contributed by atoms with E-state index in [0.29, 0.717) is 6.42 Å². The maximum Gasteiger partial charge on any atom is 0.331 e. The number of allylic oxidation sites excluding steroid dienone is 5. The van der Waals surface area contributed by atoms with Gasteiger partial charge in [0.2, 0.25) is 0 Å². The van der Waals surface area contributed by atoms with Crippen LogP contribution in [0.15, 0.2) is 36.5 Å². The van der Waals surface area contributed by atoms with Gasteiger partial charge in [-0.25, -0.2) is 4.79 Å². The van der Waals surface area contributed by atoms with Gasteiger partial charge in [0.25, 0.3) is 10.1 Å². The van der Waals surface area contributed by atoms with E-state index in [2.05, 4.69) is 19.9 Å². The van der Waals surface area contributed by atoms with Gasteiger partial charge in [-0.2, -0.15) is 8.42 Å². The van der Waals surface area contributed by atoms with E-state index in [1.807, 2.05) is 12.2 Å². The molecule has 0 radical (unpaired) electrons. The van der Waals surface area contributed by atoms with Gasteiger partial charge in [0.1, 0.15) is 36.8 Å². The van der Waals surface area contributed by atoms with Crippen LogP contribution in [-0.2, 0) is 38.7 Å². The first-order chi connectivity index (χ1) is 28.0. The zero-order valence-electron chi connectivity index (χ0n) is 35.9. The predicted octanol–water partition coefficient (Wildman–Crippen LogP) is 9.00. The Morgan fingerprint density at radius 3 is 1.62 bits per heavy atom. The maximum atomic E-state index is 12.7. The normalized spacial score (nSPS) is 20.7. The molecule has 0 spiro atoms. The molecule has 12 nitrogen and oxygen atoms in total. The van der Waals surface area contributed by atoms with E-state index in [9.17, 15) is 37.9 Å². The van der Waals surface area contributed by atoms with Crippen LogP contribution in [0.5, 0.6) is 0 Å². The van der Waals surface area contributed by atoms with E-state index in [-0.39, 0.29) is 13.0 Å². The molecule has 0 saturated carbocycles. The SMILES string of the molecule is CCCCCCCCCCCCC/C=C/C=C/C(=O)O[C@H](COC(=O)CC/C=C/CCCCCCCCCCCCC)CO[C@H]1O[C@H](CS(=O)(=O)O)[C@@H](O)C(O)C1O. The van der Waals surface area contributed by atoms with Crippen LogP contribution in [0.2, 0.25) is 0 Å². The lowest BCUT2D eigenvalue weighted by atomic mass is 10.00. The summed E-state index contributed by atoms with van der Waals surface area (Å²) in [5.74, 6) is -2.31. The summed E-state index contributed by atoms with van der Waals surface area (Å²) in [6, 6.07) is 0. The van der Waals surface area contributed by atoms with E-state index in [0.717, 1.165) is 32.1 Å². The number of aliphatic hydroxyl groups is 3. The average molecular weight is 845 g/mol. The smallest absolute Gasteiger partial charge is 0.331 e. The number of carbonyl (C=O) groups is 2. The Bertz CT molecular complexity index is 1220. The highest BCUT2D eigenvalue weighted by atomic mass is 32.2. The second kappa shape index (κ2) is 35.6. The molecule has 0 aromatic heterocycles. The third-order valence-electron chi connectivity index (χ3n) is 10.3. The summed E-state index contributed by atoms with van der Waals surface area (Å²) in [5.41, 5.74) is 0. The fourth-order valence-corrected chi connectivity index (χ4v) is 7.47. The average Bonchev–Trinajstić information content (AvgIpc) is 3.18. The first-order valence-corrected chi connectivity index (χ1v) is 24.2. The van der Waals surface area contributed by atoms with Gasteiger partial charge in [0.05, 0.1) is 6.61 Å².